The standard InChI is InChI=1S/C4H8O.Cs.H/c1-4(2)3-5;;/h3-4H,1-2H3;;/q;+1;-1. The van der Waals surface area contributed by atoms with Gasteiger partial charge in [-0.1, -0.05) is 13.8 Å². The number of hydrogen-bond acceptors (Lipinski definition) is 1. The maximum Gasteiger partial charge on any atom is 1.00 e. The van der Waals surface area contributed by atoms with Crippen LogP contribution in [0.1, 0.15) is 15.3 Å². The molecule has 0 fully saturated rings. The van der Waals surface area contributed by atoms with Crippen molar-refractivity contribution in [3.05, 3.63) is 0 Å². The van der Waals surface area contributed by atoms with Crippen LogP contribution in [0.2, 0.25) is 0 Å². The minimum absolute atomic E-state index is 0. The fourth-order valence-corrected chi connectivity index (χ4v) is 0. The topological polar surface area (TPSA) is 17.1 Å². The van der Waals surface area contributed by atoms with E-state index in [1.54, 1.807) is 0 Å². The quantitative estimate of drug-likeness (QED) is 0.451. The van der Waals surface area contributed by atoms with Crippen LogP contribution in [0.5, 0.6) is 0 Å². The summed E-state index contributed by atoms with van der Waals surface area (Å²) in [7, 11) is 0. The Morgan fingerprint density at radius 2 is 1.83 bits per heavy atom. The van der Waals surface area contributed by atoms with E-state index in [1.807, 2.05) is 13.8 Å². The fraction of sp³-hybridized carbons (Fsp3) is 0.750. The number of rotatable bonds is 1. The van der Waals surface area contributed by atoms with E-state index in [0.29, 0.717) is 0 Å². The second kappa shape index (κ2) is 6.72. The average Bonchev–Trinajstić information content (AvgIpc) is 1.38. The van der Waals surface area contributed by atoms with Gasteiger partial charge in [0.25, 0.3) is 0 Å². The summed E-state index contributed by atoms with van der Waals surface area (Å²) in [6, 6.07) is 0. The normalized spacial score (nSPS) is 7.17. The third-order valence-corrected chi connectivity index (χ3v) is 0.272. The van der Waals surface area contributed by atoms with Crippen molar-refractivity contribution in [3.63, 3.8) is 0 Å². The fourth-order valence-electron chi connectivity index (χ4n) is 0. The van der Waals surface area contributed by atoms with Gasteiger partial charge < -0.3 is 6.22 Å². The smallest absolute Gasteiger partial charge is 1.00 e. The molecule has 0 aromatic rings. The zero-order valence-electron chi connectivity index (χ0n) is 5.56. The maximum atomic E-state index is 9.50. The summed E-state index contributed by atoms with van der Waals surface area (Å²) in [4.78, 5) is 9.50. The molecule has 0 saturated carbocycles. The van der Waals surface area contributed by atoms with Gasteiger partial charge in [0.1, 0.15) is 6.29 Å². The van der Waals surface area contributed by atoms with Crippen LogP contribution in [0.4, 0.5) is 0 Å². The summed E-state index contributed by atoms with van der Waals surface area (Å²) >= 11 is 0. The van der Waals surface area contributed by atoms with Crippen molar-refractivity contribution >= 4 is 6.29 Å². The SMILES string of the molecule is CC(C)C=O.[Cs+].[H-]. The molecule has 0 spiro atoms. The first-order valence-electron chi connectivity index (χ1n) is 1.72. The van der Waals surface area contributed by atoms with Crippen LogP contribution in [0.25, 0.3) is 0 Å². The van der Waals surface area contributed by atoms with Gasteiger partial charge in [-0.2, -0.15) is 0 Å². The first-order valence-corrected chi connectivity index (χ1v) is 1.72. The summed E-state index contributed by atoms with van der Waals surface area (Å²) < 4.78 is 0. The molecule has 1 nitrogen and oxygen atoms in total. The summed E-state index contributed by atoms with van der Waals surface area (Å²) in [5, 5.41) is 0. The van der Waals surface area contributed by atoms with Crippen LogP contribution in [0, 0.1) is 5.92 Å². The van der Waals surface area contributed by atoms with E-state index in [4.69, 9.17) is 0 Å². The number of carbonyl (C=O) groups is 1. The molecule has 0 radical (unpaired) electrons. The first-order chi connectivity index (χ1) is 2.27. The summed E-state index contributed by atoms with van der Waals surface area (Å²) in [5.41, 5.74) is 0. The summed E-state index contributed by atoms with van der Waals surface area (Å²) in [5.74, 6) is 0.204. The van der Waals surface area contributed by atoms with E-state index in [1.165, 1.54) is 0 Å². The van der Waals surface area contributed by atoms with Crippen LogP contribution in [0.3, 0.4) is 0 Å². The van der Waals surface area contributed by atoms with Crippen LogP contribution < -0.4 is 68.9 Å². The van der Waals surface area contributed by atoms with Crippen molar-refractivity contribution in [2.75, 3.05) is 0 Å². The Kier molecular flexibility index (Phi) is 11.9. The molecule has 0 saturated heterocycles. The second-order valence-electron chi connectivity index (χ2n) is 1.38. The van der Waals surface area contributed by atoms with E-state index in [0.717, 1.165) is 6.29 Å². The molecule has 0 atom stereocenters. The predicted octanol–water partition coefficient (Wildman–Crippen LogP) is -2.04. The van der Waals surface area contributed by atoms with Gasteiger partial charge in [-0.15, -0.1) is 0 Å². The zero-order valence-corrected chi connectivity index (χ0v) is 10.8. The zero-order chi connectivity index (χ0) is 4.28. The Hall–Kier alpha value is 1.72. The summed E-state index contributed by atoms with van der Waals surface area (Å²) in [6.45, 7) is 3.71. The largest absolute Gasteiger partial charge is 1.00 e. The number of hydrogen-bond donors (Lipinski definition) is 0. The van der Waals surface area contributed by atoms with Crippen molar-refractivity contribution in [1.82, 2.24) is 0 Å². The van der Waals surface area contributed by atoms with Crippen molar-refractivity contribution in [2.45, 2.75) is 13.8 Å². The molecule has 32 valence electrons. The first kappa shape index (κ1) is 10.7. The molecular formula is C4H9CsO. The van der Waals surface area contributed by atoms with Crippen LogP contribution in [-0.2, 0) is 4.79 Å². The van der Waals surface area contributed by atoms with Crippen LogP contribution in [-0.4, -0.2) is 6.29 Å². The third-order valence-electron chi connectivity index (χ3n) is 0.272. The molecule has 0 unspecified atom stereocenters. The van der Waals surface area contributed by atoms with Gasteiger partial charge in [-0.05, 0) is 0 Å². The van der Waals surface area contributed by atoms with E-state index in [9.17, 15) is 4.79 Å². The molecule has 0 N–H and O–H groups in total. The minimum Gasteiger partial charge on any atom is -1.00 e. The molecule has 0 bridgehead atoms. The van der Waals surface area contributed by atoms with Crippen LogP contribution >= 0.6 is 0 Å². The molecule has 6 heavy (non-hydrogen) atoms. The Morgan fingerprint density at radius 1 is 1.67 bits per heavy atom. The van der Waals surface area contributed by atoms with Crippen LogP contribution in [0.15, 0.2) is 0 Å². The molecule has 0 aliphatic rings. The Labute approximate surface area is 98.8 Å². The average molecular weight is 206 g/mol. The molecule has 0 aromatic carbocycles. The molecule has 0 heterocycles. The van der Waals surface area contributed by atoms with Gasteiger partial charge in [0.2, 0.25) is 0 Å². The van der Waals surface area contributed by atoms with Gasteiger partial charge in [0.15, 0.2) is 0 Å². The Balaban J connectivity index is -0.0000000800. The predicted molar refractivity (Wildman–Crippen MR) is 22.0 cm³/mol. The Bertz CT molecular complexity index is 38.7. The Morgan fingerprint density at radius 3 is 1.83 bits per heavy atom. The van der Waals surface area contributed by atoms with Gasteiger partial charge in [-0.25, -0.2) is 0 Å². The minimum atomic E-state index is 0. The molecule has 0 aliphatic carbocycles. The second-order valence-corrected chi connectivity index (χ2v) is 1.38. The molecule has 0 amide bonds. The third kappa shape index (κ3) is 9.21. The van der Waals surface area contributed by atoms with Crippen molar-refractivity contribution in [3.8, 4) is 0 Å². The van der Waals surface area contributed by atoms with E-state index in [2.05, 4.69) is 0 Å². The molecule has 0 aliphatic heterocycles. The van der Waals surface area contributed by atoms with Crippen molar-refractivity contribution in [2.24, 2.45) is 5.92 Å². The summed E-state index contributed by atoms with van der Waals surface area (Å²) in [6.07, 6.45) is 0.917. The van der Waals surface area contributed by atoms with Gasteiger partial charge in [0, 0.05) is 5.92 Å². The number of carbonyl (C=O) groups excluding carboxylic acids is 1. The molecule has 0 aromatic heterocycles. The number of aldehydes is 1. The molecular weight excluding hydrogens is 197 g/mol. The van der Waals surface area contributed by atoms with Crippen molar-refractivity contribution in [1.29, 1.82) is 0 Å². The van der Waals surface area contributed by atoms with E-state index in [-0.39, 0.29) is 76.2 Å². The monoisotopic (exact) mass is 206 g/mol. The molecule has 2 heteroatoms. The van der Waals surface area contributed by atoms with Gasteiger partial charge >= 0.3 is 68.9 Å². The molecule has 0 rings (SSSR count). The van der Waals surface area contributed by atoms with E-state index >= 15 is 0 Å². The van der Waals surface area contributed by atoms with Gasteiger partial charge in [0.05, 0.1) is 0 Å². The van der Waals surface area contributed by atoms with Crippen molar-refractivity contribution < 1.29 is 75.1 Å². The maximum absolute atomic E-state index is 9.50. The van der Waals surface area contributed by atoms with Gasteiger partial charge in [-0.3, -0.25) is 0 Å². The van der Waals surface area contributed by atoms with E-state index < -0.39 is 0 Å².